The van der Waals surface area contributed by atoms with Gasteiger partial charge in [0.1, 0.15) is 0 Å². The lowest BCUT2D eigenvalue weighted by molar-refractivity contribution is 0.601. The Morgan fingerprint density at radius 1 is 1.04 bits per heavy atom. The van der Waals surface area contributed by atoms with Crippen LogP contribution in [0.4, 0.5) is 5.69 Å². The fraction of sp³-hybridized carbons (Fsp3) is 0.381. The van der Waals surface area contributed by atoms with E-state index >= 15 is 0 Å². The second-order valence-corrected chi connectivity index (χ2v) is 11.0. The molecule has 0 saturated carbocycles. The highest BCUT2D eigenvalue weighted by Crippen LogP contribution is 2.37. The van der Waals surface area contributed by atoms with Gasteiger partial charge in [0.2, 0.25) is 0 Å². The van der Waals surface area contributed by atoms with Gasteiger partial charge in [-0.25, -0.2) is 8.42 Å². The van der Waals surface area contributed by atoms with E-state index in [9.17, 15) is 8.42 Å². The second kappa shape index (κ2) is 6.99. The molecule has 4 rings (SSSR count). The van der Waals surface area contributed by atoms with E-state index in [1.165, 1.54) is 22.3 Å². The lowest BCUT2D eigenvalue weighted by atomic mass is 10.1. The Morgan fingerprint density at radius 2 is 1.78 bits per heavy atom. The van der Waals surface area contributed by atoms with Gasteiger partial charge in [0.05, 0.1) is 24.1 Å². The molecule has 0 spiro atoms. The summed E-state index contributed by atoms with van der Waals surface area (Å²) in [5, 5.41) is 0.988. The molecule has 142 valence electrons. The first-order valence-electron chi connectivity index (χ1n) is 9.15. The Kier molecular flexibility index (Phi) is 4.80. The molecule has 6 heteroatoms. The first-order valence-corrected chi connectivity index (χ1v) is 11.9. The van der Waals surface area contributed by atoms with Crippen molar-refractivity contribution < 1.29 is 8.42 Å². The zero-order valence-corrected chi connectivity index (χ0v) is 17.5. The molecule has 27 heavy (non-hydrogen) atoms. The number of aliphatic imine (C=N–C) groups is 1. The van der Waals surface area contributed by atoms with Gasteiger partial charge in [0, 0.05) is 10.9 Å². The fourth-order valence-electron chi connectivity index (χ4n) is 3.84. The fourth-order valence-corrected chi connectivity index (χ4v) is 7.62. The topological polar surface area (TPSA) is 49.7 Å². The molecular weight excluding hydrogens is 376 g/mol. The van der Waals surface area contributed by atoms with Crippen LogP contribution < -0.4 is 4.90 Å². The minimum Gasteiger partial charge on any atom is -0.317 e. The van der Waals surface area contributed by atoms with E-state index in [-0.39, 0.29) is 22.8 Å². The van der Waals surface area contributed by atoms with Gasteiger partial charge in [-0.1, -0.05) is 47.7 Å². The number of benzene rings is 2. The number of hydrogen-bond donors (Lipinski definition) is 0. The van der Waals surface area contributed by atoms with E-state index in [2.05, 4.69) is 68.1 Å². The SMILES string of the molecule is Cc1cccc(CN(C2=N[C@H]3CS(=O)(=O)C[C@H]3S2)c2cc(C)cc(C)c2)c1. The minimum absolute atomic E-state index is 0.0518. The molecule has 2 heterocycles. The Labute approximate surface area is 165 Å². The summed E-state index contributed by atoms with van der Waals surface area (Å²) in [4.78, 5) is 7.07. The molecule has 0 radical (unpaired) electrons. The lowest BCUT2D eigenvalue weighted by Crippen LogP contribution is -2.28. The minimum atomic E-state index is -2.94. The van der Waals surface area contributed by atoms with E-state index in [4.69, 9.17) is 4.99 Å². The van der Waals surface area contributed by atoms with Crippen molar-refractivity contribution in [2.75, 3.05) is 16.4 Å². The number of fused-ring (bicyclic) bond motifs is 1. The van der Waals surface area contributed by atoms with Crippen LogP contribution in [0, 0.1) is 20.8 Å². The van der Waals surface area contributed by atoms with Crippen LogP contribution in [0.2, 0.25) is 0 Å². The van der Waals surface area contributed by atoms with E-state index in [0.717, 1.165) is 17.4 Å². The standard InChI is InChI=1S/C21H24N2O2S2/c1-14-5-4-6-17(8-14)11-23(18-9-15(2)7-16(3)10-18)21-22-19-12-27(24,25)13-20(19)26-21/h4-10,19-20H,11-13H2,1-3H3/t19-,20+/m0/s1. The van der Waals surface area contributed by atoms with Crippen LogP contribution in [-0.2, 0) is 16.4 Å². The predicted molar refractivity (Wildman–Crippen MR) is 115 cm³/mol. The highest BCUT2D eigenvalue weighted by molar-refractivity contribution is 8.15. The lowest BCUT2D eigenvalue weighted by Gasteiger charge is -2.26. The number of anilines is 1. The first kappa shape index (κ1) is 18.6. The third-order valence-corrected chi connectivity index (χ3v) is 8.22. The number of rotatable bonds is 3. The van der Waals surface area contributed by atoms with Crippen LogP contribution in [0.3, 0.4) is 0 Å². The number of hydrogen-bond acceptors (Lipinski definition) is 5. The van der Waals surface area contributed by atoms with Crippen LogP contribution in [0.15, 0.2) is 47.5 Å². The molecule has 2 aromatic carbocycles. The molecule has 0 unspecified atom stereocenters. The third kappa shape index (κ3) is 4.06. The van der Waals surface area contributed by atoms with E-state index in [0.29, 0.717) is 0 Å². The molecule has 0 aromatic heterocycles. The molecule has 2 aromatic rings. The van der Waals surface area contributed by atoms with Gasteiger partial charge in [-0.05, 0) is 49.6 Å². The summed E-state index contributed by atoms with van der Waals surface area (Å²) in [6.45, 7) is 7.03. The zero-order chi connectivity index (χ0) is 19.2. The van der Waals surface area contributed by atoms with Gasteiger partial charge in [-0.2, -0.15) is 0 Å². The van der Waals surface area contributed by atoms with Crippen LogP contribution in [0.1, 0.15) is 22.3 Å². The summed E-state index contributed by atoms with van der Waals surface area (Å²) in [6, 6.07) is 14.9. The van der Waals surface area contributed by atoms with Gasteiger partial charge in [0.15, 0.2) is 15.0 Å². The van der Waals surface area contributed by atoms with Gasteiger partial charge in [0.25, 0.3) is 0 Å². The van der Waals surface area contributed by atoms with Gasteiger partial charge < -0.3 is 4.90 Å². The van der Waals surface area contributed by atoms with Crippen molar-refractivity contribution in [3.05, 3.63) is 64.7 Å². The van der Waals surface area contributed by atoms with E-state index in [1.807, 2.05) is 0 Å². The maximum absolute atomic E-state index is 11.9. The Balaban J connectivity index is 1.70. The van der Waals surface area contributed by atoms with Gasteiger partial charge in [-0.3, -0.25) is 4.99 Å². The van der Waals surface area contributed by atoms with Crippen molar-refractivity contribution in [2.24, 2.45) is 4.99 Å². The molecule has 1 fully saturated rings. The normalized spacial score (nSPS) is 23.1. The molecule has 1 saturated heterocycles. The van der Waals surface area contributed by atoms with Gasteiger partial charge >= 0.3 is 0 Å². The van der Waals surface area contributed by atoms with E-state index in [1.54, 1.807) is 11.8 Å². The quantitative estimate of drug-likeness (QED) is 0.784. The highest BCUT2D eigenvalue weighted by Gasteiger charge is 2.44. The van der Waals surface area contributed by atoms with Crippen LogP contribution >= 0.6 is 11.8 Å². The van der Waals surface area contributed by atoms with Crippen LogP contribution in [0.25, 0.3) is 0 Å². The third-order valence-electron chi connectivity index (χ3n) is 4.98. The highest BCUT2D eigenvalue weighted by atomic mass is 32.2. The summed E-state index contributed by atoms with van der Waals surface area (Å²) >= 11 is 1.62. The van der Waals surface area contributed by atoms with Crippen molar-refractivity contribution in [1.82, 2.24) is 0 Å². The van der Waals surface area contributed by atoms with Crippen LogP contribution in [-0.4, -0.2) is 36.4 Å². The van der Waals surface area contributed by atoms with Crippen molar-refractivity contribution in [1.29, 1.82) is 0 Å². The van der Waals surface area contributed by atoms with Crippen molar-refractivity contribution in [2.45, 2.75) is 38.6 Å². The predicted octanol–water partition coefficient (Wildman–Crippen LogP) is 3.89. The van der Waals surface area contributed by atoms with E-state index < -0.39 is 9.84 Å². The summed E-state index contributed by atoms with van der Waals surface area (Å²) in [5.74, 6) is 0.416. The number of amidine groups is 1. The van der Waals surface area contributed by atoms with Crippen molar-refractivity contribution in [3.8, 4) is 0 Å². The smallest absolute Gasteiger partial charge is 0.164 e. The Morgan fingerprint density at radius 3 is 2.44 bits per heavy atom. The zero-order valence-electron chi connectivity index (χ0n) is 15.8. The summed E-state index contributed by atoms with van der Waals surface area (Å²) in [7, 11) is -2.94. The Hall–Kier alpha value is -1.79. The monoisotopic (exact) mass is 400 g/mol. The molecule has 0 N–H and O–H groups in total. The number of nitrogens with zero attached hydrogens (tertiary/aromatic N) is 2. The molecule has 2 aliphatic rings. The number of thioether (sulfide) groups is 1. The molecule has 0 amide bonds. The summed E-state index contributed by atoms with van der Waals surface area (Å²) < 4.78 is 23.8. The van der Waals surface area contributed by atoms with Gasteiger partial charge in [-0.15, -0.1) is 0 Å². The maximum atomic E-state index is 11.9. The molecular formula is C21H24N2O2S2. The maximum Gasteiger partial charge on any atom is 0.164 e. The van der Waals surface area contributed by atoms with Crippen LogP contribution in [0.5, 0.6) is 0 Å². The average Bonchev–Trinajstić information content (AvgIpc) is 3.05. The molecule has 2 aliphatic heterocycles. The van der Waals surface area contributed by atoms with Crippen molar-refractivity contribution >= 4 is 32.5 Å². The number of sulfone groups is 1. The molecule has 2 atom stereocenters. The Bertz CT molecular complexity index is 994. The first-order chi connectivity index (χ1) is 12.8. The molecule has 4 nitrogen and oxygen atoms in total. The summed E-state index contributed by atoms with van der Waals surface area (Å²) in [5.41, 5.74) is 6.00. The number of aryl methyl sites for hydroxylation is 3. The molecule has 0 aliphatic carbocycles. The van der Waals surface area contributed by atoms with Crippen molar-refractivity contribution in [3.63, 3.8) is 0 Å². The average molecular weight is 401 g/mol. The molecule has 0 bridgehead atoms. The summed E-state index contributed by atoms with van der Waals surface area (Å²) in [6.07, 6.45) is 0. The largest absolute Gasteiger partial charge is 0.317 e. The second-order valence-electron chi connectivity index (χ2n) is 7.63.